The Morgan fingerprint density at radius 2 is 0.673 bits per heavy atom. The zero-order chi connectivity index (χ0) is 36.7. The molecule has 0 aromatic heterocycles. The van der Waals surface area contributed by atoms with E-state index in [1.54, 1.807) is 0 Å². The molecule has 0 spiro atoms. The third-order valence-electron chi connectivity index (χ3n) is 12.3. The summed E-state index contributed by atoms with van der Waals surface area (Å²) in [4.78, 5) is 0. The van der Waals surface area contributed by atoms with E-state index in [2.05, 4.69) is 208 Å². The van der Waals surface area contributed by atoms with E-state index >= 15 is 0 Å². The summed E-state index contributed by atoms with van der Waals surface area (Å²) in [6.07, 6.45) is 0. The van der Waals surface area contributed by atoms with Crippen LogP contribution in [0.2, 0.25) is 0 Å². The first-order valence-electron chi connectivity index (χ1n) is 19.3. The van der Waals surface area contributed by atoms with E-state index in [4.69, 9.17) is 0 Å². The van der Waals surface area contributed by atoms with Crippen molar-refractivity contribution in [1.29, 1.82) is 0 Å². The third-order valence-corrected chi connectivity index (χ3v) is 12.3. The average Bonchev–Trinajstić information content (AvgIpc) is 3.48. The number of hydrogen-bond acceptors (Lipinski definition) is 0. The fraction of sp³-hybridized carbons (Fsp3) is 0.0545. The fourth-order valence-corrected chi connectivity index (χ4v) is 9.48. The van der Waals surface area contributed by atoms with E-state index in [0.717, 1.165) is 0 Å². The second-order valence-corrected chi connectivity index (χ2v) is 15.7. The van der Waals surface area contributed by atoms with Crippen LogP contribution in [-0.4, -0.2) is 0 Å². The number of fused-ring (bicyclic) bond motifs is 8. The first-order chi connectivity index (χ1) is 27.0. The van der Waals surface area contributed by atoms with Gasteiger partial charge in [-0.2, -0.15) is 0 Å². The van der Waals surface area contributed by atoms with Crippen LogP contribution in [0.1, 0.15) is 25.0 Å². The van der Waals surface area contributed by atoms with Crippen molar-refractivity contribution in [2.45, 2.75) is 19.3 Å². The molecule has 0 saturated heterocycles. The zero-order valence-electron chi connectivity index (χ0n) is 31.0. The van der Waals surface area contributed by atoms with Crippen molar-refractivity contribution in [2.75, 3.05) is 0 Å². The minimum absolute atomic E-state index is 0.0371. The largest absolute Gasteiger partial charge is 0.0616 e. The summed E-state index contributed by atoms with van der Waals surface area (Å²) < 4.78 is 0. The van der Waals surface area contributed by atoms with E-state index in [9.17, 15) is 0 Å². The van der Waals surface area contributed by atoms with Crippen molar-refractivity contribution in [3.63, 3.8) is 0 Å². The van der Waals surface area contributed by atoms with E-state index < -0.39 is 0 Å². The fourth-order valence-electron chi connectivity index (χ4n) is 9.48. The predicted molar refractivity (Wildman–Crippen MR) is 236 cm³/mol. The molecule has 0 N–H and O–H groups in total. The minimum Gasteiger partial charge on any atom is -0.0616 e. The van der Waals surface area contributed by atoms with Crippen LogP contribution in [0, 0.1) is 0 Å². The Hall–Kier alpha value is -6.76. The van der Waals surface area contributed by atoms with E-state index in [-0.39, 0.29) is 5.41 Å². The molecular formula is C55H38. The highest BCUT2D eigenvalue weighted by molar-refractivity contribution is 6.21. The lowest BCUT2D eigenvalue weighted by Gasteiger charge is -2.21. The van der Waals surface area contributed by atoms with Gasteiger partial charge in [-0.15, -0.1) is 0 Å². The van der Waals surface area contributed by atoms with Gasteiger partial charge in [-0.25, -0.2) is 0 Å². The molecule has 0 bridgehead atoms. The molecule has 0 heteroatoms. The monoisotopic (exact) mass is 698 g/mol. The number of rotatable bonds is 4. The number of hydrogen-bond donors (Lipinski definition) is 0. The molecule has 1 aliphatic carbocycles. The van der Waals surface area contributed by atoms with Crippen LogP contribution in [0.15, 0.2) is 194 Å². The molecule has 55 heavy (non-hydrogen) atoms. The van der Waals surface area contributed by atoms with E-state index in [0.29, 0.717) is 0 Å². The molecule has 0 amide bonds. The van der Waals surface area contributed by atoms with Gasteiger partial charge < -0.3 is 0 Å². The van der Waals surface area contributed by atoms with Crippen LogP contribution in [0.5, 0.6) is 0 Å². The van der Waals surface area contributed by atoms with Crippen LogP contribution in [0.25, 0.3) is 98.7 Å². The predicted octanol–water partition coefficient (Wildman–Crippen LogP) is 15.3. The van der Waals surface area contributed by atoms with Crippen LogP contribution in [-0.2, 0) is 5.41 Å². The second kappa shape index (κ2) is 12.1. The molecule has 0 fully saturated rings. The van der Waals surface area contributed by atoms with Gasteiger partial charge in [0.15, 0.2) is 0 Å². The molecule has 11 rings (SSSR count). The van der Waals surface area contributed by atoms with Crippen molar-refractivity contribution in [3.05, 3.63) is 205 Å². The van der Waals surface area contributed by atoms with Gasteiger partial charge in [-0.3, -0.25) is 0 Å². The van der Waals surface area contributed by atoms with Crippen molar-refractivity contribution in [2.24, 2.45) is 0 Å². The summed E-state index contributed by atoms with van der Waals surface area (Å²) in [5.41, 5.74) is 15.5. The van der Waals surface area contributed by atoms with Crippen LogP contribution in [0.3, 0.4) is 0 Å². The van der Waals surface area contributed by atoms with Crippen molar-refractivity contribution < 1.29 is 0 Å². The highest BCUT2D eigenvalue weighted by Crippen LogP contribution is 2.52. The molecule has 0 unspecified atom stereocenters. The molecule has 258 valence electrons. The highest BCUT2D eigenvalue weighted by Gasteiger charge is 2.36. The normalized spacial score (nSPS) is 13.1. The maximum absolute atomic E-state index is 2.43. The molecule has 0 radical (unpaired) electrons. The zero-order valence-corrected chi connectivity index (χ0v) is 31.0. The third kappa shape index (κ3) is 4.92. The Labute approximate surface area is 322 Å². The Kier molecular flexibility index (Phi) is 7.00. The quantitative estimate of drug-likeness (QED) is 0.161. The molecule has 10 aromatic rings. The lowest BCUT2D eigenvalue weighted by atomic mass is 9.82. The summed E-state index contributed by atoms with van der Waals surface area (Å²) in [6, 6.07) is 72.1. The van der Waals surface area contributed by atoms with Crippen molar-refractivity contribution in [1.82, 2.24) is 0 Å². The number of benzene rings is 10. The first kappa shape index (κ1) is 31.7. The van der Waals surface area contributed by atoms with Gasteiger partial charge in [0.25, 0.3) is 0 Å². The molecule has 10 aromatic carbocycles. The smallest absolute Gasteiger partial charge is 0.0159 e. The maximum atomic E-state index is 2.43. The van der Waals surface area contributed by atoms with Gasteiger partial charge in [0.1, 0.15) is 0 Å². The van der Waals surface area contributed by atoms with E-state index in [1.165, 1.54) is 110 Å². The summed E-state index contributed by atoms with van der Waals surface area (Å²) in [5.74, 6) is 0. The van der Waals surface area contributed by atoms with E-state index in [1.807, 2.05) is 0 Å². The van der Waals surface area contributed by atoms with Gasteiger partial charge in [-0.1, -0.05) is 196 Å². The highest BCUT2D eigenvalue weighted by atomic mass is 14.4. The maximum Gasteiger partial charge on any atom is 0.0159 e. The molecule has 1 aliphatic rings. The minimum atomic E-state index is -0.0371. The SMILES string of the molecule is CC1(C)c2ccc(-c3ccc(-c4c5ccccc5c(-c5ccc(-c6ccc7ccccc7c6)cc5)c5ccccc45)cc3)cc2-c2c1ccc1ccccc21. The first-order valence-corrected chi connectivity index (χ1v) is 19.3. The Balaban J connectivity index is 1.01. The lowest BCUT2D eigenvalue weighted by Crippen LogP contribution is -2.14. The van der Waals surface area contributed by atoms with Gasteiger partial charge >= 0.3 is 0 Å². The lowest BCUT2D eigenvalue weighted by molar-refractivity contribution is 0.661. The Morgan fingerprint density at radius 3 is 1.25 bits per heavy atom. The molecule has 0 saturated carbocycles. The van der Waals surface area contributed by atoms with Crippen molar-refractivity contribution >= 4 is 43.1 Å². The van der Waals surface area contributed by atoms with Crippen LogP contribution < -0.4 is 0 Å². The molecular weight excluding hydrogens is 661 g/mol. The molecule has 0 atom stereocenters. The summed E-state index contributed by atoms with van der Waals surface area (Å²) in [6.45, 7) is 4.73. The Morgan fingerprint density at radius 1 is 0.273 bits per heavy atom. The van der Waals surface area contributed by atoms with Gasteiger partial charge in [0.05, 0.1) is 0 Å². The van der Waals surface area contributed by atoms with Gasteiger partial charge in [0, 0.05) is 5.41 Å². The molecule has 0 heterocycles. The summed E-state index contributed by atoms with van der Waals surface area (Å²) in [7, 11) is 0. The van der Waals surface area contributed by atoms with Crippen molar-refractivity contribution in [3.8, 4) is 55.6 Å². The summed E-state index contributed by atoms with van der Waals surface area (Å²) in [5, 5.41) is 10.2. The Bertz CT molecular complexity index is 3080. The standard InChI is InChI=1S/C55H38/c1-55(2)50-31-30-43(34-49(50)54-44-14-6-5-12-38(44)29-32-51(54)55)37-21-26-40(27-22-37)53-47-17-9-7-15-45(47)52(46-16-8-10-18-48(46)53)39-24-19-36(20-25-39)42-28-23-35-11-3-4-13-41(35)33-42/h3-34H,1-2H3. The second-order valence-electron chi connectivity index (χ2n) is 15.7. The average molecular weight is 699 g/mol. The topological polar surface area (TPSA) is 0 Å². The van der Waals surface area contributed by atoms with Gasteiger partial charge in [0.2, 0.25) is 0 Å². The van der Waals surface area contributed by atoms with Crippen LogP contribution in [0.4, 0.5) is 0 Å². The van der Waals surface area contributed by atoms with Gasteiger partial charge in [-0.05, 0) is 122 Å². The summed E-state index contributed by atoms with van der Waals surface area (Å²) >= 11 is 0. The molecule has 0 aliphatic heterocycles. The molecule has 0 nitrogen and oxygen atoms in total. The van der Waals surface area contributed by atoms with Crippen LogP contribution >= 0.6 is 0 Å².